The molecule has 2 aliphatic heterocycles. The highest BCUT2D eigenvalue weighted by Crippen LogP contribution is 2.38. The van der Waals surface area contributed by atoms with E-state index in [2.05, 4.69) is 0 Å². The van der Waals surface area contributed by atoms with Crippen molar-refractivity contribution in [3.8, 4) is 0 Å². The van der Waals surface area contributed by atoms with Gasteiger partial charge in [0.15, 0.2) is 12.4 Å². The minimum atomic E-state index is -2.34. The molecule has 2 aliphatic rings. The molecule has 1 N–H and O–H groups in total. The first-order valence-corrected chi connectivity index (χ1v) is 27.2. The summed E-state index contributed by atoms with van der Waals surface area (Å²) in [5.41, 5.74) is 5.56. The maximum Gasteiger partial charge on any atom is 0.338 e. The van der Waals surface area contributed by atoms with Crippen LogP contribution in [0.3, 0.4) is 0 Å². The summed E-state index contributed by atoms with van der Waals surface area (Å²) in [6.45, 7) is 0.817. The molecule has 0 spiro atoms. The molecule has 1 unspecified atom stereocenters. The van der Waals surface area contributed by atoms with Crippen LogP contribution in [-0.2, 0) is 91.7 Å². The van der Waals surface area contributed by atoms with Gasteiger partial charge in [0.25, 0.3) is 3.79 Å². The monoisotopic (exact) mass is 1130 g/mol. The van der Waals surface area contributed by atoms with Crippen LogP contribution in [0, 0.1) is 5.41 Å². The summed E-state index contributed by atoms with van der Waals surface area (Å²) < 4.78 is 72.5. The molecule has 13 nitrogen and oxygen atoms in total. The summed E-state index contributed by atoms with van der Waals surface area (Å²) in [5.74, 6) is -1.55. The lowest BCUT2D eigenvalue weighted by molar-refractivity contribution is -0.369. The smallest absolute Gasteiger partial charge is 0.338 e. The first-order chi connectivity index (χ1) is 38.6. The number of hydrogen-bond donors (Lipinski definition) is 1. The van der Waals surface area contributed by atoms with E-state index in [1.165, 1.54) is 0 Å². The number of halogens is 3. The van der Waals surface area contributed by atoms with Crippen molar-refractivity contribution in [1.29, 1.82) is 5.41 Å². The average Bonchev–Trinajstić information content (AvgIpc) is 3.61. The molecule has 9 rings (SSSR count). The van der Waals surface area contributed by atoms with Crippen LogP contribution in [0.5, 0.6) is 0 Å². The van der Waals surface area contributed by atoms with E-state index in [-0.39, 0.29) is 58.4 Å². The highest BCUT2D eigenvalue weighted by atomic mass is 35.6. The minimum Gasteiger partial charge on any atom is -0.449 e. The third-order valence-electron chi connectivity index (χ3n) is 13.1. The van der Waals surface area contributed by atoms with Crippen molar-refractivity contribution >= 4 is 46.7 Å². The summed E-state index contributed by atoms with van der Waals surface area (Å²) in [6, 6.07) is 66.7. The zero-order valence-electron chi connectivity index (χ0n) is 43.2. The van der Waals surface area contributed by atoms with Gasteiger partial charge in [-0.2, -0.15) is 0 Å². The van der Waals surface area contributed by atoms with E-state index in [9.17, 15) is 4.79 Å². The van der Waals surface area contributed by atoms with Crippen LogP contribution in [0.2, 0.25) is 0 Å². The zero-order valence-corrected chi connectivity index (χ0v) is 45.4. The molecular formula is C63H62Cl3NO12. The Labute approximate surface area is 475 Å². The van der Waals surface area contributed by atoms with Crippen molar-refractivity contribution < 1.29 is 56.9 Å². The summed E-state index contributed by atoms with van der Waals surface area (Å²) in [5, 5.41) is 8.78. The quantitative estimate of drug-likeness (QED) is 0.0252. The number of esters is 1. The lowest BCUT2D eigenvalue weighted by Crippen LogP contribution is -2.67. The lowest BCUT2D eigenvalue weighted by atomic mass is 9.95. The van der Waals surface area contributed by atoms with Crippen LogP contribution >= 0.6 is 34.8 Å². The predicted octanol–water partition coefficient (Wildman–Crippen LogP) is 12.2. The fraction of sp³-hybridized carbons (Fsp3) is 0.302. The highest BCUT2D eigenvalue weighted by molar-refractivity contribution is 6.76. The van der Waals surface area contributed by atoms with Crippen molar-refractivity contribution in [2.45, 2.75) is 105 Å². The molecule has 0 bridgehead atoms. The second-order valence-electron chi connectivity index (χ2n) is 18.9. The standard InChI is InChI=1S/C63H62Cl3NO12/c64-63(65,66)62(67)79-61-58(77-59(68)50-34-20-7-21-35-50)56(73-40-48-30-16-5-17-31-48)54(52(76-61)43-70-37-45-24-10-2-11-25-45)78-60-57(74-41-49-32-18-6-19-33-49)55(72-39-47-28-14-4-15-29-47)53(71-38-46-26-12-3-13-27-46)51(75-60)42-69-36-44-22-8-1-9-23-44/h1-35,51-58,60-61,67H,36-43H2/t51-,52-,53+,54+,55+,56+,57-,58-,60-,61?/m1/s1. The molecule has 7 aromatic rings. The number of nitrogens with one attached hydrogen (secondary N) is 1. The number of benzene rings is 7. The molecule has 2 saturated heterocycles. The molecule has 0 radical (unpaired) electrons. The fourth-order valence-electron chi connectivity index (χ4n) is 9.18. The number of alkyl halides is 3. The predicted molar refractivity (Wildman–Crippen MR) is 299 cm³/mol. The summed E-state index contributed by atoms with van der Waals surface area (Å²) >= 11 is 18.8. The average molecular weight is 1130 g/mol. The Morgan fingerprint density at radius 3 is 1.13 bits per heavy atom. The van der Waals surface area contributed by atoms with Crippen LogP contribution in [0.15, 0.2) is 212 Å². The molecule has 0 saturated carbocycles. The molecule has 0 aliphatic carbocycles. The topological polar surface area (TPSA) is 142 Å². The lowest BCUT2D eigenvalue weighted by Gasteiger charge is -2.50. The first kappa shape index (κ1) is 57.7. The molecule has 16 heteroatoms. The van der Waals surface area contributed by atoms with Gasteiger partial charge in [-0.1, -0.05) is 235 Å². The Morgan fingerprint density at radius 2 is 0.722 bits per heavy atom. The number of hydrogen-bond acceptors (Lipinski definition) is 13. The molecular weight excluding hydrogens is 1070 g/mol. The third kappa shape index (κ3) is 17.0. The van der Waals surface area contributed by atoms with Crippen molar-refractivity contribution in [2.75, 3.05) is 13.2 Å². The van der Waals surface area contributed by atoms with Crippen molar-refractivity contribution in [1.82, 2.24) is 0 Å². The van der Waals surface area contributed by atoms with E-state index >= 15 is 0 Å². The van der Waals surface area contributed by atoms with Gasteiger partial charge < -0.3 is 52.1 Å². The second kappa shape index (κ2) is 29.5. The van der Waals surface area contributed by atoms with Crippen LogP contribution in [0.25, 0.3) is 0 Å². The fourth-order valence-corrected chi connectivity index (χ4v) is 9.31. The Kier molecular flexibility index (Phi) is 21.5. The first-order valence-electron chi connectivity index (χ1n) is 26.0. The number of carbonyl (C=O) groups excluding carboxylic acids is 1. The SMILES string of the molecule is N=C(OC1O[C@H](COCc2ccccc2)[C@H](O[C@H]2O[C@H](COCc3ccccc3)[C@H](OCc3ccccc3)[C@H](OCc3ccccc3)[C@H]2OCc2ccccc2)[C@H](OCc2ccccc2)[C@H]1OC(=O)c1ccccc1)C(Cl)(Cl)Cl. The van der Waals surface area contributed by atoms with Crippen LogP contribution in [0.4, 0.5) is 0 Å². The van der Waals surface area contributed by atoms with E-state index in [0.29, 0.717) is 0 Å². The molecule has 0 amide bonds. The van der Waals surface area contributed by atoms with Gasteiger partial charge in [0.2, 0.25) is 12.2 Å². The van der Waals surface area contributed by atoms with Gasteiger partial charge in [-0.15, -0.1) is 0 Å². The molecule has 2 fully saturated rings. The van der Waals surface area contributed by atoms with Crippen molar-refractivity contribution in [3.05, 3.63) is 251 Å². The van der Waals surface area contributed by atoms with Gasteiger partial charge in [0.1, 0.15) is 42.7 Å². The van der Waals surface area contributed by atoms with Gasteiger partial charge in [0.05, 0.1) is 58.4 Å². The third-order valence-corrected chi connectivity index (χ3v) is 13.7. The number of rotatable bonds is 25. The number of ether oxygens (including phenoxy) is 11. The highest BCUT2D eigenvalue weighted by Gasteiger charge is 2.56. The molecule has 412 valence electrons. The summed E-state index contributed by atoms with van der Waals surface area (Å²) in [4.78, 5) is 14.3. The molecule has 0 aromatic heterocycles. The Bertz CT molecular complexity index is 2880. The second-order valence-corrected chi connectivity index (χ2v) is 21.2. The van der Waals surface area contributed by atoms with E-state index in [0.717, 1.165) is 33.4 Å². The van der Waals surface area contributed by atoms with E-state index in [4.69, 9.17) is 92.3 Å². The van der Waals surface area contributed by atoms with Gasteiger partial charge in [-0.3, -0.25) is 5.41 Å². The molecule has 2 heterocycles. The molecule has 10 atom stereocenters. The molecule has 7 aromatic carbocycles. The van der Waals surface area contributed by atoms with Gasteiger partial charge in [0, 0.05) is 0 Å². The van der Waals surface area contributed by atoms with Gasteiger partial charge in [-0.25, -0.2) is 4.79 Å². The summed E-state index contributed by atoms with van der Waals surface area (Å²) in [6.07, 6.45) is -11.6. The van der Waals surface area contributed by atoms with E-state index in [1.807, 2.05) is 182 Å². The van der Waals surface area contributed by atoms with Crippen LogP contribution in [0.1, 0.15) is 43.7 Å². The maximum absolute atomic E-state index is 14.3. The summed E-state index contributed by atoms with van der Waals surface area (Å²) in [7, 11) is 0. The normalized spacial score (nSPS) is 23.1. The zero-order chi connectivity index (χ0) is 54.7. The maximum atomic E-state index is 14.3. The van der Waals surface area contributed by atoms with Gasteiger partial charge in [-0.05, 0) is 45.5 Å². The van der Waals surface area contributed by atoms with Crippen LogP contribution < -0.4 is 0 Å². The Hall–Kier alpha value is -6.01. The van der Waals surface area contributed by atoms with E-state index in [1.54, 1.807) is 30.3 Å². The Morgan fingerprint density at radius 1 is 0.392 bits per heavy atom. The number of carbonyl (C=O) groups is 1. The largest absolute Gasteiger partial charge is 0.449 e. The van der Waals surface area contributed by atoms with Gasteiger partial charge >= 0.3 is 5.97 Å². The Balaban J connectivity index is 1.15. The van der Waals surface area contributed by atoms with Crippen LogP contribution in [-0.4, -0.2) is 90.3 Å². The van der Waals surface area contributed by atoms with E-state index < -0.39 is 77.1 Å². The molecule has 79 heavy (non-hydrogen) atoms. The van der Waals surface area contributed by atoms with Crippen molar-refractivity contribution in [3.63, 3.8) is 0 Å². The minimum absolute atomic E-state index is 0.00933. The van der Waals surface area contributed by atoms with Crippen molar-refractivity contribution in [2.24, 2.45) is 0 Å².